The van der Waals surface area contributed by atoms with Crippen LogP contribution in [-0.4, -0.2) is 10.8 Å². The van der Waals surface area contributed by atoms with Gasteiger partial charge in [-0.15, -0.1) is 0 Å². The Morgan fingerprint density at radius 2 is 2.00 bits per heavy atom. The van der Waals surface area contributed by atoms with Gasteiger partial charge in [-0.25, -0.2) is 0 Å². The van der Waals surface area contributed by atoms with Crippen LogP contribution >= 0.6 is 11.6 Å². The molecule has 6 heteroatoms. The number of rotatable bonds is 5. The summed E-state index contributed by atoms with van der Waals surface area (Å²) in [5, 5.41) is 14.2. The molecule has 2 aromatic rings. The minimum Gasteiger partial charge on any atom is -0.326 e. The minimum absolute atomic E-state index is 0.00681. The first-order valence-corrected chi connectivity index (χ1v) is 7.13. The van der Waals surface area contributed by atoms with Gasteiger partial charge in [-0.1, -0.05) is 29.8 Å². The van der Waals surface area contributed by atoms with Gasteiger partial charge in [0, 0.05) is 17.5 Å². The second kappa shape index (κ2) is 7.04. The molecule has 0 aliphatic rings. The minimum atomic E-state index is -0.461. The van der Waals surface area contributed by atoms with Crippen molar-refractivity contribution in [1.82, 2.24) is 0 Å². The maximum Gasteiger partial charge on any atom is 0.274 e. The molecule has 0 aliphatic heterocycles. The number of nitrogens with zero attached hydrogens (tertiary/aromatic N) is 1. The van der Waals surface area contributed by atoms with Crippen LogP contribution in [-0.2, 0) is 11.2 Å². The molecule has 5 nitrogen and oxygen atoms in total. The Morgan fingerprint density at radius 3 is 2.68 bits per heavy atom. The lowest BCUT2D eigenvalue weighted by Gasteiger charge is -2.08. The largest absolute Gasteiger partial charge is 0.326 e. The molecule has 0 radical (unpaired) electrons. The summed E-state index contributed by atoms with van der Waals surface area (Å²) in [5.41, 5.74) is 1.87. The smallest absolute Gasteiger partial charge is 0.274 e. The average Bonchev–Trinajstić information content (AvgIpc) is 2.47. The first kappa shape index (κ1) is 16.0. The van der Waals surface area contributed by atoms with E-state index in [4.69, 9.17) is 11.6 Å². The zero-order chi connectivity index (χ0) is 16.1. The van der Waals surface area contributed by atoms with Gasteiger partial charge in [0.05, 0.1) is 16.2 Å². The van der Waals surface area contributed by atoms with Crippen LogP contribution < -0.4 is 5.32 Å². The van der Waals surface area contributed by atoms with E-state index >= 15 is 0 Å². The van der Waals surface area contributed by atoms with Crippen molar-refractivity contribution in [3.8, 4) is 0 Å². The van der Waals surface area contributed by atoms with Crippen LogP contribution in [0.1, 0.15) is 17.5 Å². The summed E-state index contributed by atoms with van der Waals surface area (Å²) in [5.74, 6) is -0.191. The number of nitro benzene ring substituents is 1. The van der Waals surface area contributed by atoms with Crippen LogP contribution in [0.3, 0.4) is 0 Å². The van der Waals surface area contributed by atoms with Crippen molar-refractivity contribution in [3.05, 3.63) is 68.7 Å². The SMILES string of the molecule is Cc1c(NC(=O)CCc2cccc(Cl)c2)cccc1[N+](=O)[O-]. The van der Waals surface area contributed by atoms with Crippen molar-refractivity contribution < 1.29 is 9.72 Å². The fourth-order valence-corrected chi connectivity index (χ4v) is 2.33. The molecule has 1 N–H and O–H groups in total. The topological polar surface area (TPSA) is 72.2 Å². The van der Waals surface area contributed by atoms with Crippen LogP contribution in [0.25, 0.3) is 0 Å². The summed E-state index contributed by atoms with van der Waals surface area (Å²) in [6.45, 7) is 1.62. The van der Waals surface area contributed by atoms with E-state index in [1.54, 1.807) is 25.1 Å². The third kappa shape index (κ3) is 4.05. The number of anilines is 1. The number of nitro groups is 1. The molecule has 0 heterocycles. The van der Waals surface area contributed by atoms with Crippen LogP contribution in [0.5, 0.6) is 0 Å². The number of aryl methyl sites for hydroxylation is 1. The molecule has 0 bridgehead atoms. The van der Waals surface area contributed by atoms with Crippen molar-refractivity contribution in [2.45, 2.75) is 19.8 Å². The van der Waals surface area contributed by atoms with E-state index in [1.165, 1.54) is 6.07 Å². The maximum absolute atomic E-state index is 12.0. The summed E-state index contributed by atoms with van der Waals surface area (Å²) >= 11 is 5.89. The van der Waals surface area contributed by atoms with Gasteiger partial charge in [0.1, 0.15) is 0 Å². The van der Waals surface area contributed by atoms with Gasteiger partial charge in [-0.05, 0) is 37.1 Å². The Morgan fingerprint density at radius 1 is 1.27 bits per heavy atom. The highest BCUT2D eigenvalue weighted by Gasteiger charge is 2.14. The van der Waals surface area contributed by atoms with Crippen LogP contribution in [0.15, 0.2) is 42.5 Å². The normalized spacial score (nSPS) is 10.3. The van der Waals surface area contributed by atoms with E-state index in [1.807, 2.05) is 18.2 Å². The summed E-state index contributed by atoms with van der Waals surface area (Å²) in [6, 6.07) is 11.9. The van der Waals surface area contributed by atoms with E-state index < -0.39 is 4.92 Å². The van der Waals surface area contributed by atoms with E-state index in [2.05, 4.69) is 5.32 Å². The number of halogens is 1. The predicted molar refractivity (Wildman–Crippen MR) is 86.2 cm³/mol. The summed E-state index contributed by atoms with van der Waals surface area (Å²) < 4.78 is 0. The molecule has 0 fully saturated rings. The molecule has 0 atom stereocenters. The fraction of sp³-hybridized carbons (Fsp3) is 0.188. The van der Waals surface area contributed by atoms with E-state index in [0.717, 1.165) is 5.56 Å². The van der Waals surface area contributed by atoms with Gasteiger partial charge in [-0.2, -0.15) is 0 Å². The third-order valence-electron chi connectivity index (χ3n) is 3.31. The molecule has 0 aliphatic carbocycles. The van der Waals surface area contributed by atoms with Gasteiger partial charge >= 0.3 is 0 Å². The zero-order valence-electron chi connectivity index (χ0n) is 12.0. The standard InChI is InChI=1S/C16H15ClN2O3/c1-11-14(6-3-7-15(11)19(21)22)18-16(20)9-8-12-4-2-5-13(17)10-12/h2-7,10H,8-9H2,1H3,(H,18,20). The van der Waals surface area contributed by atoms with E-state index in [-0.39, 0.29) is 18.0 Å². The predicted octanol–water partition coefficient (Wildman–Crippen LogP) is 4.13. The Bertz CT molecular complexity index is 716. The third-order valence-corrected chi connectivity index (χ3v) is 3.54. The highest BCUT2D eigenvalue weighted by atomic mass is 35.5. The van der Waals surface area contributed by atoms with Crippen molar-refractivity contribution in [2.24, 2.45) is 0 Å². The lowest BCUT2D eigenvalue weighted by molar-refractivity contribution is -0.385. The number of carbonyl (C=O) groups excluding carboxylic acids is 1. The Balaban J connectivity index is 2.01. The molecule has 2 rings (SSSR count). The van der Waals surface area contributed by atoms with Crippen LogP contribution in [0, 0.1) is 17.0 Å². The Kier molecular flexibility index (Phi) is 5.12. The second-order valence-electron chi connectivity index (χ2n) is 4.88. The first-order chi connectivity index (χ1) is 10.5. The van der Waals surface area contributed by atoms with Gasteiger partial charge < -0.3 is 5.32 Å². The van der Waals surface area contributed by atoms with E-state index in [0.29, 0.717) is 22.7 Å². The molecular weight excluding hydrogens is 304 g/mol. The highest BCUT2D eigenvalue weighted by Crippen LogP contribution is 2.25. The molecule has 0 spiro atoms. The number of hydrogen-bond donors (Lipinski definition) is 1. The van der Waals surface area contributed by atoms with E-state index in [9.17, 15) is 14.9 Å². The number of carbonyl (C=O) groups is 1. The molecule has 0 unspecified atom stereocenters. The summed E-state index contributed by atoms with van der Waals surface area (Å²) in [4.78, 5) is 22.4. The molecule has 0 aromatic heterocycles. The fourth-order valence-electron chi connectivity index (χ4n) is 2.12. The molecular formula is C16H15ClN2O3. The van der Waals surface area contributed by atoms with Crippen LogP contribution in [0.4, 0.5) is 11.4 Å². The van der Waals surface area contributed by atoms with Crippen molar-refractivity contribution in [1.29, 1.82) is 0 Å². The van der Waals surface area contributed by atoms with Gasteiger partial charge in [0.2, 0.25) is 5.91 Å². The summed E-state index contributed by atoms with van der Waals surface area (Å²) in [7, 11) is 0. The molecule has 2 aromatic carbocycles. The summed E-state index contributed by atoms with van der Waals surface area (Å²) in [6.07, 6.45) is 0.836. The first-order valence-electron chi connectivity index (χ1n) is 6.75. The molecule has 22 heavy (non-hydrogen) atoms. The lowest BCUT2D eigenvalue weighted by Crippen LogP contribution is -2.13. The number of hydrogen-bond acceptors (Lipinski definition) is 3. The molecule has 114 valence electrons. The number of amides is 1. The van der Waals surface area contributed by atoms with Crippen LogP contribution in [0.2, 0.25) is 5.02 Å². The molecule has 1 amide bonds. The average molecular weight is 319 g/mol. The highest BCUT2D eigenvalue weighted by molar-refractivity contribution is 6.30. The van der Waals surface area contributed by atoms with Crippen molar-refractivity contribution >= 4 is 28.9 Å². The quantitative estimate of drug-likeness (QED) is 0.665. The number of nitrogens with one attached hydrogen (secondary N) is 1. The molecule has 0 saturated heterocycles. The van der Waals surface area contributed by atoms with Crippen molar-refractivity contribution in [2.75, 3.05) is 5.32 Å². The Labute approximate surface area is 133 Å². The Hall–Kier alpha value is -2.40. The lowest BCUT2D eigenvalue weighted by atomic mass is 10.1. The molecule has 0 saturated carbocycles. The zero-order valence-corrected chi connectivity index (χ0v) is 12.8. The second-order valence-corrected chi connectivity index (χ2v) is 5.32. The van der Waals surface area contributed by atoms with Gasteiger partial charge in [0.15, 0.2) is 0 Å². The van der Waals surface area contributed by atoms with Gasteiger partial charge in [0.25, 0.3) is 5.69 Å². The number of benzene rings is 2. The monoisotopic (exact) mass is 318 g/mol. The van der Waals surface area contributed by atoms with Crippen molar-refractivity contribution in [3.63, 3.8) is 0 Å². The van der Waals surface area contributed by atoms with Gasteiger partial charge in [-0.3, -0.25) is 14.9 Å². The maximum atomic E-state index is 12.0.